The van der Waals surface area contributed by atoms with Gasteiger partial charge in [-0.3, -0.25) is 4.98 Å². The first-order valence-electron chi connectivity index (χ1n) is 10.2. The van der Waals surface area contributed by atoms with Crippen molar-refractivity contribution in [2.45, 2.75) is 0 Å². The van der Waals surface area contributed by atoms with Gasteiger partial charge in [0.25, 0.3) is 0 Å². The predicted octanol–water partition coefficient (Wildman–Crippen LogP) is 4.19. The molecule has 5 aromatic rings. The second kappa shape index (κ2) is 8.32. The van der Waals surface area contributed by atoms with Crippen LogP contribution in [-0.4, -0.2) is 27.8 Å². The summed E-state index contributed by atoms with van der Waals surface area (Å²) < 4.78 is 0. The fraction of sp³-hybridized carbons (Fsp3) is 0. The number of rotatable bonds is 4. The lowest BCUT2D eigenvalue weighted by molar-refractivity contribution is 1.07. The summed E-state index contributed by atoms with van der Waals surface area (Å²) in [6.45, 7) is 0. The third kappa shape index (κ3) is 4.12. The maximum atomic E-state index is 4.84. The van der Waals surface area contributed by atoms with Gasteiger partial charge in [-0.15, -0.1) is 0 Å². The van der Waals surface area contributed by atoms with Gasteiger partial charge in [0.05, 0.1) is 0 Å². The zero-order chi connectivity index (χ0) is 21.0. The average molecular weight is 398 g/mol. The first kappa shape index (κ1) is 18.9. The van der Waals surface area contributed by atoms with E-state index in [1.54, 1.807) is 6.20 Å². The molecule has 0 atom stereocenters. The molecular formula is C26H19BN4. The number of hydrogen-bond donors (Lipinski definition) is 0. The van der Waals surface area contributed by atoms with Gasteiger partial charge in [0.15, 0.2) is 17.5 Å². The lowest BCUT2D eigenvalue weighted by Crippen LogP contribution is -2.05. The fourth-order valence-electron chi connectivity index (χ4n) is 3.55. The topological polar surface area (TPSA) is 51.6 Å². The number of pyridine rings is 1. The summed E-state index contributed by atoms with van der Waals surface area (Å²) in [6, 6.07) is 30.4. The molecule has 3 aromatic carbocycles. The molecule has 5 rings (SSSR count). The Balaban J connectivity index is 1.70. The molecule has 0 spiro atoms. The summed E-state index contributed by atoms with van der Waals surface area (Å²) in [7, 11) is 2.08. The van der Waals surface area contributed by atoms with E-state index in [1.807, 2.05) is 72.9 Å². The van der Waals surface area contributed by atoms with Crippen LogP contribution in [0, 0.1) is 0 Å². The Morgan fingerprint density at radius 3 is 1.55 bits per heavy atom. The molecule has 0 N–H and O–H groups in total. The van der Waals surface area contributed by atoms with Gasteiger partial charge in [0, 0.05) is 29.1 Å². The van der Waals surface area contributed by atoms with Crippen molar-refractivity contribution in [2.75, 3.05) is 0 Å². The molecule has 0 aliphatic heterocycles. The van der Waals surface area contributed by atoms with Crippen molar-refractivity contribution in [3.8, 4) is 45.3 Å². The Kier molecular flexibility index (Phi) is 5.07. The quantitative estimate of drug-likeness (QED) is 0.426. The first-order chi connectivity index (χ1) is 15.3. The van der Waals surface area contributed by atoms with E-state index in [4.69, 9.17) is 15.0 Å². The molecule has 31 heavy (non-hydrogen) atoms. The highest BCUT2D eigenvalue weighted by Crippen LogP contribution is 2.27. The zero-order valence-corrected chi connectivity index (χ0v) is 17.1. The van der Waals surface area contributed by atoms with Crippen LogP contribution < -0.4 is 5.46 Å². The minimum Gasteiger partial charge on any atom is -0.264 e. The summed E-state index contributed by atoms with van der Waals surface area (Å²) >= 11 is 0. The first-order valence-corrected chi connectivity index (χ1v) is 10.2. The lowest BCUT2D eigenvalue weighted by atomic mass is 9.90. The molecule has 0 unspecified atom stereocenters. The van der Waals surface area contributed by atoms with Crippen molar-refractivity contribution in [3.63, 3.8) is 0 Å². The van der Waals surface area contributed by atoms with Crippen molar-refractivity contribution in [1.82, 2.24) is 19.9 Å². The van der Waals surface area contributed by atoms with Gasteiger partial charge in [0.2, 0.25) is 0 Å². The summed E-state index contributed by atoms with van der Waals surface area (Å²) in [6.07, 6.45) is 3.65. The van der Waals surface area contributed by atoms with Crippen molar-refractivity contribution >= 4 is 13.3 Å². The smallest absolute Gasteiger partial charge is 0.164 e. The summed E-state index contributed by atoms with van der Waals surface area (Å²) in [5.74, 6) is 1.98. The predicted molar refractivity (Wildman–Crippen MR) is 128 cm³/mol. The van der Waals surface area contributed by atoms with Crippen molar-refractivity contribution in [2.24, 2.45) is 0 Å². The minimum absolute atomic E-state index is 0.654. The average Bonchev–Trinajstić information content (AvgIpc) is 2.85. The molecule has 4 nitrogen and oxygen atoms in total. The van der Waals surface area contributed by atoms with E-state index >= 15 is 0 Å². The second-order valence-electron chi connectivity index (χ2n) is 7.37. The molecule has 2 aromatic heterocycles. The normalized spacial score (nSPS) is 10.7. The van der Waals surface area contributed by atoms with Gasteiger partial charge in [-0.25, -0.2) is 15.0 Å². The van der Waals surface area contributed by atoms with Crippen LogP contribution >= 0.6 is 0 Å². The third-order valence-electron chi connectivity index (χ3n) is 5.03. The van der Waals surface area contributed by atoms with E-state index in [2.05, 4.69) is 37.1 Å². The molecule has 0 saturated heterocycles. The maximum Gasteiger partial charge on any atom is 0.164 e. The molecule has 0 fully saturated rings. The van der Waals surface area contributed by atoms with Crippen LogP contribution in [0.4, 0.5) is 0 Å². The Labute approximate surface area is 182 Å². The Hall–Kier alpha value is -4.12. The van der Waals surface area contributed by atoms with Gasteiger partial charge < -0.3 is 0 Å². The van der Waals surface area contributed by atoms with Crippen LogP contribution in [0.5, 0.6) is 0 Å². The lowest BCUT2D eigenvalue weighted by Gasteiger charge is -2.10. The Morgan fingerprint density at radius 1 is 0.484 bits per heavy atom. The van der Waals surface area contributed by atoms with Crippen LogP contribution in [0.1, 0.15) is 0 Å². The number of benzene rings is 3. The van der Waals surface area contributed by atoms with E-state index in [-0.39, 0.29) is 0 Å². The Morgan fingerprint density at radius 2 is 1.00 bits per heavy atom. The number of nitrogens with zero attached hydrogens (tertiary/aromatic N) is 4. The van der Waals surface area contributed by atoms with Crippen molar-refractivity contribution in [3.05, 3.63) is 103 Å². The third-order valence-corrected chi connectivity index (χ3v) is 5.03. The molecule has 0 amide bonds. The van der Waals surface area contributed by atoms with Gasteiger partial charge in [0.1, 0.15) is 7.85 Å². The maximum absolute atomic E-state index is 4.84. The molecule has 146 valence electrons. The SMILES string of the molecule is Bc1cc(-c2cccnc2)cc(-c2nc(-c3ccccc3)nc(-c3ccccc3)n2)c1. The highest BCUT2D eigenvalue weighted by atomic mass is 15.0. The molecule has 0 bridgehead atoms. The summed E-state index contributed by atoms with van der Waals surface area (Å²) in [5.41, 5.74) is 6.17. The molecule has 0 aliphatic rings. The fourth-order valence-corrected chi connectivity index (χ4v) is 3.55. The summed E-state index contributed by atoms with van der Waals surface area (Å²) in [5, 5.41) is 0. The standard InChI is InChI=1S/C26H19BN4/c27-23-15-21(20-12-7-13-28-17-20)14-22(16-23)26-30-24(18-8-3-1-4-9-18)29-25(31-26)19-10-5-2-6-11-19/h1-17H,27H2. The van der Waals surface area contributed by atoms with Gasteiger partial charge >= 0.3 is 0 Å². The zero-order valence-electron chi connectivity index (χ0n) is 17.1. The van der Waals surface area contributed by atoms with Crippen molar-refractivity contribution in [1.29, 1.82) is 0 Å². The van der Waals surface area contributed by atoms with E-state index < -0.39 is 0 Å². The minimum atomic E-state index is 0.654. The van der Waals surface area contributed by atoms with Gasteiger partial charge in [-0.1, -0.05) is 84.3 Å². The van der Waals surface area contributed by atoms with Crippen LogP contribution in [0.2, 0.25) is 0 Å². The van der Waals surface area contributed by atoms with E-state index in [1.165, 1.54) is 0 Å². The van der Waals surface area contributed by atoms with Crippen molar-refractivity contribution < 1.29 is 0 Å². The molecule has 0 radical (unpaired) electrons. The molecular weight excluding hydrogens is 379 g/mol. The monoisotopic (exact) mass is 398 g/mol. The van der Waals surface area contributed by atoms with Crippen LogP contribution in [0.3, 0.4) is 0 Å². The largest absolute Gasteiger partial charge is 0.264 e. The Bertz CT molecular complexity index is 1270. The van der Waals surface area contributed by atoms with Crippen LogP contribution in [0.15, 0.2) is 103 Å². The van der Waals surface area contributed by atoms with Gasteiger partial charge in [-0.05, 0) is 23.3 Å². The molecule has 0 aliphatic carbocycles. The molecule has 0 saturated carbocycles. The van der Waals surface area contributed by atoms with Crippen LogP contribution in [-0.2, 0) is 0 Å². The number of hydrogen-bond acceptors (Lipinski definition) is 4. The van der Waals surface area contributed by atoms with Crippen LogP contribution in [0.25, 0.3) is 45.3 Å². The van der Waals surface area contributed by atoms with E-state index in [0.717, 1.165) is 33.3 Å². The van der Waals surface area contributed by atoms with Gasteiger partial charge in [-0.2, -0.15) is 0 Å². The summed E-state index contributed by atoms with van der Waals surface area (Å²) in [4.78, 5) is 18.7. The number of aromatic nitrogens is 4. The highest BCUT2D eigenvalue weighted by molar-refractivity contribution is 6.33. The van der Waals surface area contributed by atoms with E-state index in [9.17, 15) is 0 Å². The molecule has 5 heteroatoms. The van der Waals surface area contributed by atoms with E-state index in [0.29, 0.717) is 17.5 Å². The molecule has 2 heterocycles. The second-order valence-corrected chi connectivity index (χ2v) is 7.37. The highest BCUT2D eigenvalue weighted by Gasteiger charge is 2.13.